The van der Waals surface area contributed by atoms with Gasteiger partial charge in [-0.3, -0.25) is 14.5 Å². The molecule has 10 nitrogen and oxygen atoms in total. The van der Waals surface area contributed by atoms with Crippen molar-refractivity contribution in [3.8, 4) is 0 Å². The fourth-order valence-electron chi connectivity index (χ4n) is 4.26. The third-order valence-corrected chi connectivity index (χ3v) is 5.92. The van der Waals surface area contributed by atoms with Crippen LogP contribution >= 0.6 is 0 Å². The van der Waals surface area contributed by atoms with Crippen molar-refractivity contribution in [1.82, 2.24) is 34.8 Å². The van der Waals surface area contributed by atoms with Crippen molar-refractivity contribution in [3.63, 3.8) is 0 Å². The molecule has 1 aliphatic heterocycles. The van der Waals surface area contributed by atoms with Gasteiger partial charge in [0.2, 0.25) is 5.65 Å². The van der Waals surface area contributed by atoms with Crippen molar-refractivity contribution < 1.29 is 4.79 Å². The Labute approximate surface area is 183 Å². The Morgan fingerprint density at radius 3 is 2.72 bits per heavy atom. The molecule has 3 aromatic heterocycles. The maximum Gasteiger partial charge on any atom is 0.293 e. The number of amides is 1. The van der Waals surface area contributed by atoms with Gasteiger partial charge in [-0.1, -0.05) is 6.07 Å². The fourth-order valence-corrected chi connectivity index (χ4v) is 4.26. The topological polar surface area (TPSA) is 112 Å². The van der Waals surface area contributed by atoms with Crippen LogP contribution in [0.5, 0.6) is 0 Å². The lowest BCUT2D eigenvalue weighted by Gasteiger charge is -2.36. The standard InChI is InChI=1S/C22H24N8O2/c1-14-18(6-4-16(26-14)21(31)23-2)29-9-7-28(8-10-29)12-15-3-5-19-17(11-15)27-22(32)20-24-13-25-30(19)20/h3-6,11,13H,7-10,12H2,1-2H3,(H,23,31)(H,27,32). The molecule has 5 rings (SSSR count). The van der Waals surface area contributed by atoms with Gasteiger partial charge >= 0.3 is 0 Å². The molecule has 0 saturated carbocycles. The van der Waals surface area contributed by atoms with Gasteiger partial charge < -0.3 is 15.2 Å². The molecule has 0 aliphatic carbocycles. The Hall–Kier alpha value is -3.79. The van der Waals surface area contributed by atoms with E-state index in [1.54, 1.807) is 17.6 Å². The first kappa shape index (κ1) is 20.1. The summed E-state index contributed by atoms with van der Waals surface area (Å²) in [6, 6.07) is 9.81. The minimum Gasteiger partial charge on any atom is -0.368 e. The molecule has 10 heteroatoms. The highest BCUT2D eigenvalue weighted by molar-refractivity contribution is 5.92. The molecule has 4 heterocycles. The number of fused-ring (bicyclic) bond motifs is 3. The van der Waals surface area contributed by atoms with Crippen LogP contribution in [-0.2, 0) is 6.54 Å². The lowest BCUT2D eigenvalue weighted by Crippen LogP contribution is -2.46. The van der Waals surface area contributed by atoms with Crippen LogP contribution in [0.4, 0.5) is 5.69 Å². The zero-order valence-corrected chi connectivity index (χ0v) is 18.0. The van der Waals surface area contributed by atoms with E-state index in [0.717, 1.165) is 60.7 Å². The number of nitrogens with one attached hydrogen (secondary N) is 2. The number of anilines is 1. The van der Waals surface area contributed by atoms with E-state index >= 15 is 0 Å². The number of hydrogen-bond donors (Lipinski definition) is 2. The monoisotopic (exact) mass is 432 g/mol. The first-order valence-corrected chi connectivity index (χ1v) is 10.5. The fraction of sp³-hybridized carbons (Fsp3) is 0.318. The van der Waals surface area contributed by atoms with E-state index in [0.29, 0.717) is 11.3 Å². The number of aromatic amines is 1. The number of aromatic nitrogens is 5. The van der Waals surface area contributed by atoms with E-state index in [-0.39, 0.29) is 11.5 Å². The van der Waals surface area contributed by atoms with Crippen LogP contribution in [0.25, 0.3) is 16.7 Å². The van der Waals surface area contributed by atoms with Crippen molar-refractivity contribution in [3.05, 3.63) is 64.0 Å². The summed E-state index contributed by atoms with van der Waals surface area (Å²) in [6.07, 6.45) is 1.39. The molecule has 0 atom stereocenters. The Morgan fingerprint density at radius 2 is 1.97 bits per heavy atom. The Balaban J connectivity index is 1.28. The number of benzene rings is 1. The quantitative estimate of drug-likeness (QED) is 0.494. The predicted molar refractivity (Wildman–Crippen MR) is 121 cm³/mol. The zero-order chi connectivity index (χ0) is 22.2. The molecular weight excluding hydrogens is 408 g/mol. The first-order chi connectivity index (χ1) is 15.5. The summed E-state index contributed by atoms with van der Waals surface area (Å²) in [5, 5.41) is 6.77. The molecule has 1 aliphatic rings. The molecule has 1 saturated heterocycles. The van der Waals surface area contributed by atoms with Crippen molar-refractivity contribution in [1.29, 1.82) is 0 Å². The molecule has 0 bridgehead atoms. The predicted octanol–water partition coefficient (Wildman–Crippen LogP) is 0.956. The third kappa shape index (κ3) is 3.58. The van der Waals surface area contributed by atoms with Crippen LogP contribution in [0.2, 0.25) is 0 Å². The van der Waals surface area contributed by atoms with Crippen molar-refractivity contribution in [2.75, 3.05) is 38.1 Å². The molecule has 0 radical (unpaired) electrons. The van der Waals surface area contributed by atoms with Crippen molar-refractivity contribution in [2.24, 2.45) is 0 Å². The van der Waals surface area contributed by atoms with Gasteiger partial charge in [-0.2, -0.15) is 5.10 Å². The number of rotatable bonds is 4. The van der Waals surface area contributed by atoms with Gasteiger partial charge in [0.15, 0.2) is 0 Å². The molecule has 1 aromatic carbocycles. The SMILES string of the molecule is CNC(=O)c1ccc(N2CCN(Cc3ccc4c(c3)[nH]c(=O)c3ncnn34)CC2)c(C)n1. The highest BCUT2D eigenvalue weighted by Gasteiger charge is 2.20. The van der Waals surface area contributed by atoms with Crippen LogP contribution < -0.4 is 15.8 Å². The van der Waals surface area contributed by atoms with Gasteiger partial charge in [-0.05, 0) is 36.8 Å². The summed E-state index contributed by atoms with van der Waals surface area (Å²) < 4.78 is 1.57. The molecule has 1 fully saturated rings. The highest BCUT2D eigenvalue weighted by Crippen LogP contribution is 2.22. The molecule has 164 valence electrons. The van der Waals surface area contributed by atoms with E-state index in [9.17, 15) is 9.59 Å². The number of pyridine rings is 1. The number of piperazine rings is 1. The van der Waals surface area contributed by atoms with E-state index < -0.39 is 0 Å². The average molecular weight is 432 g/mol. The Morgan fingerprint density at radius 1 is 1.16 bits per heavy atom. The third-order valence-electron chi connectivity index (χ3n) is 5.92. The molecule has 32 heavy (non-hydrogen) atoms. The minimum atomic E-state index is -0.243. The van der Waals surface area contributed by atoms with Gasteiger partial charge in [0.05, 0.1) is 22.4 Å². The number of aryl methyl sites for hydroxylation is 1. The summed E-state index contributed by atoms with van der Waals surface area (Å²) in [6.45, 7) is 6.32. The lowest BCUT2D eigenvalue weighted by atomic mass is 10.1. The van der Waals surface area contributed by atoms with Gasteiger partial charge in [0.1, 0.15) is 12.0 Å². The maximum atomic E-state index is 12.2. The summed E-state index contributed by atoms with van der Waals surface area (Å²) >= 11 is 0. The van der Waals surface area contributed by atoms with Crippen LogP contribution in [0.1, 0.15) is 21.7 Å². The Kier molecular flexibility index (Phi) is 5.06. The van der Waals surface area contributed by atoms with E-state index in [1.807, 2.05) is 25.1 Å². The molecule has 1 amide bonds. The van der Waals surface area contributed by atoms with Gasteiger partial charge in [-0.15, -0.1) is 0 Å². The molecule has 2 N–H and O–H groups in total. The van der Waals surface area contributed by atoms with Gasteiger partial charge in [0.25, 0.3) is 11.5 Å². The highest BCUT2D eigenvalue weighted by atomic mass is 16.1. The Bertz CT molecular complexity index is 1370. The normalized spacial score (nSPS) is 14.9. The second-order valence-electron chi connectivity index (χ2n) is 7.94. The van der Waals surface area contributed by atoms with Gasteiger partial charge in [0, 0.05) is 39.8 Å². The van der Waals surface area contributed by atoms with Crippen LogP contribution in [0.3, 0.4) is 0 Å². The van der Waals surface area contributed by atoms with Crippen LogP contribution in [0, 0.1) is 6.92 Å². The average Bonchev–Trinajstić information content (AvgIpc) is 3.30. The molecule has 0 spiro atoms. The second kappa shape index (κ2) is 8.04. The van der Waals surface area contributed by atoms with Crippen molar-refractivity contribution >= 4 is 28.3 Å². The maximum absolute atomic E-state index is 12.2. The lowest BCUT2D eigenvalue weighted by molar-refractivity contribution is 0.0958. The largest absolute Gasteiger partial charge is 0.368 e. The summed E-state index contributed by atoms with van der Waals surface area (Å²) in [7, 11) is 1.61. The number of hydrogen-bond acceptors (Lipinski definition) is 7. The zero-order valence-electron chi connectivity index (χ0n) is 18.0. The van der Waals surface area contributed by atoms with Gasteiger partial charge in [-0.25, -0.2) is 14.5 Å². The summed E-state index contributed by atoms with van der Waals surface area (Å²) in [4.78, 5) is 40.1. The number of H-pyrrole nitrogens is 1. The van der Waals surface area contributed by atoms with E-state index in [1.165, 1.54) is 6.33 Å². The second-order valence-corrected chi connectivity index (χ2v) is 7.94. The van der Waals surface area contributed by atoms with E-state index in [2.05, 4.69) is 41.2 Å². The summed E-state index contributed by atoms with van der Waals surface area (Å²) in [5.41, 5.74) is 5.13. The number of nitrogens with zero attached hydrogens (tertiary/aromatic N) is 6. The first-order valence-electron chi connectivity index (χ1n) is 10.5. The molecule has 4 aromatic rings. The van der Waals surface area contributed by atoms with Crippen LogP contribution in [0.15, 0.2) is 41.5 Å². The molecular formula is C22H24N8O2. The summed E-state index contributed by atoms with van der Waals surface area (Å²) in [5.74, 6) is -0.175. The van der Waals surface area contributed by atoms with Crippen LogP contribution in [-0.4, -0.2) is 68.6 Å². The number of carbonyl (C=O) groups is 1. The minimum absolute atomic E-state index is 0.175. The van der Waals surface area contributed by atoms with Crippen molar-refractivity contribution in [2.45, 2.75) is 13.5 Å². The van der Waals surface area contributed by atoms with E-state index in [4.69, 9.17) is 0 Å². The number of carbonyl (C=O) groups excluding carboxylic acids is 1. The molecule has 0 unspecified atom stereocenters. The smallest absolute Gasteiger partial charge is 0.293 e.